The predicted octanol–water partition coefficient (Wildman–Crippen LogP) is 4.53. The molecule has 0 heterocycles. The molecule has 8 heteroatoms. The van der Waals surface area contributed by atoms with Gasteiger partial charge in [-0.2, -0.15) is 22.0 Å². The number of ether oxygens (including phenoxy) is 1. The maximum Gasteiger partial charge on any atom is 0.457 e. The summed E-state index contributed by atoms with van der Waals surface area (Å²) in [6.45, 7) is 5.52. The Labute approximate surface area is 125 Å². The van der Waals surface area contributed by atoms with Gasteiger partial charge in [-0.15, -0.1) is 0 Å². The number of hydrogen-bond acceptors (Lipinski definition) is 2. The molecule has 0 amide bonds. The SMILES string of the molecule is CC1CCC(C(C)C)C(OC(=O)C(F)C(F)(F)C(F)(F)F)C1. The molecular weight excluding hydrogens is 314 g/mol. The van der Waals surface area contributed by atoms with E-state index in [0.717, 1.165) is 6.42 Å². The van der Waals surface area contributed by atoms with E-state index < -0.39 is 30.3 Å². The largest absolute Gasteiger partial charge is 0.460 e. The van der Waals surface area contributed by atoms with Gasteiger partial charge in [0.2, 0.25) is 0 Å². The van der Waals surface area contributed by atoms with Crippen LogP contribution in [0.5, 0.6) is 0 Å². The maximum absolute atomic E-state index is 13.3. The van der Waals surface area contributed by atoms with Crippen molar-refractivity contribution in [1.29, 1.82) is 0 Å². The summed E-state index contributed by atoms with van der Waals surface area (Å²) in [6.07, 6.45) is -9.18. The lowest BCUT2D eigenvalue weighted by Gasteiger charge is -2.37. The molecule has 2 nitrogen and oxygen atoms in total. The molecule has 0 saturated heterocycles. The maximum atomic E-state index is 13.3. The van der Waals surface area contributed by atoms with E-state index >= 15 is 0 Å². The lowest BCUT2D eigenvalue weighted by Crippen LogP contribution is -2.50. The molecule has 0 N–H and O–H groups in total. The second-order valence-electron chi connectivity index (χ2n) is 6.28. The summed E-state index contributed by atoms with van der Waals surface area (Å²) in [6, 6.07) is 0. The van der Waals surface area contributed by atoms with Crippen molar-refractivity contribution >= 4 is 5.97 Å². The van der Waals surface area contributed by atoms with Gasteiger partial charge in [0.05, 0.1) is 0 Å². The third-order valence-corrected chi connectivity index (χ3v) is 4.13. The van der Waals surface area contributed by atoms with E-state index in [2.05, 4.69) is 4.74 Å². The van der Waals surface area contributed by atoms with Crippen molar-refractivity contribution in [1.82, 2.24) is 0 Å². The summed E-state index contributed by atoms with van der Waals surface area (Å²) in [5.74, 6) is -7.89. The quantitative estimate of drug-likeness (QED) is 0.558. The standard InChI is InChI=1S/C14H20F6O2/c1-7(2)9-5-4-8(3)6-10(9)22-12(21)11(15)13(16,17)14(18,19)20/h7-11H,4-6H2,1-3H3. The van der Waals surface area contributed by atoms with Gasteiger partial charge in [-0.25, -0.2) is 9.18 Å². The molecule has 0 aromatic rings. The van der Waals surface area contributed by atoms with E-state index in [1.54, 1.807) is 0 Å². The van der Waals surface area contributed by atoms with Crippen LogP contribution in [-0.4, -0.2) is 30.3 Å². The van der Waals surface area contributed by atoms with Gasteiger partial charge in [0.15, 0.2) is 0 Å². The first-order valence-electron chi connectivity index (χ1n) is 7.17. The highest BCUT2D eigenvalue weighted by Gasteiger charge is 2.66. The van der Waals surface area contributed by atoms with Crippen LogP contribution in [0.2, 0.25) is 0 Å². The van der Waals surface area contributed by atoms with Crippen LogP contribution < -0.4 is 0 Å². The molecule has 1 rings (SSSR count). The topological polar surface area (TPSA) is 26.3 Å². The number of rotatable bonds is 4. The van der Waals surface area contributed by atoms with E-state index in [0.29, 0.717) is 12.8 Å². The number of halogens is 6. The molecule has 4 atom stereocenters. The van der Waals surface area contributed by atoms with Gasteiger partial charge < -0.3 is 4.74 Å². The molecule has 0 spiro atoms. The monoisotopic (exact) mass is 334 g/mol. The average molecular weight is 334 g/mol. The summed E-state index contributed by atoms with van der Waals surface area (Å²) in [5.41, 5.74) is 0. The third-order valence-electron chi connectivity index (χ3n) is 4.13. The van der Waals surface area contributed by atoms with Crippen LogP contribution in [0, 0.1) is 17.8 Å². The first-order valence-corrected chi connectivity index (χ1v) is 7.17. The normalized spacial score (nSPS) is 28.5. The summed E-state index contributed by atoms with van der Waals surface area (Å²) in [4.78, 5) is 11.4. The fourth-order valence-electron chi connectivity index (χ4n) is 2.75. The number of carbonyl (C=O) groups is 1. The number of hydrogen-bond donors (Lipinski definition) is 0. The van der Waals surface area contributed by atoms with Gasteiger partial charge in [0.25, 0.3) is 6.17 Å². The average Bonchev–Trinajstić information content (AvgIpc) is 2.35. The molecule has 0 aromatic carbocycles. The zero-order chi connectivity index (χ0) is 17.3. The zero-order valence-corrected chi connectivity index (χ0v) is 12.6. The van der Waals surface area contributed by atoms with Crippen molar-refractivity contribution in [2.45, 2.75) is 64.4 Å². The zero-order valence-electron chi connectivity index (χ0n) is 12.6. The van der Waals surface area contributed by atoms with Gasteiger partial charge in [0, 0.05) is 0 Å². The van der Waals surface area contributed by atoms with Crippen LogP contribution in [0.1, 0.15) is 40.0 Å². The van der Waals surface area contributed by atoms with E-state index in [1.165, 1.54) is 0 Å². The molecule has 0 radical (unpaired) electrons. The third kappa shape index (κ3) is 4.07. The lowest BCUT2D eigenvalue weighted by atomic mass is 9.75. The molecule has 0 aliphatic heterocycles. The Morgan fingerprint density at radius 2 is 1.68 bits per heavy atom. The van der Waals surface area contributed by atoms with Gasteiger partial charge in [0.1, 0.15) is 6.10 Å². The molecule has 1 saturated carbocycles. The Kier molecular flexibility index (Phi) is 5.78. The van der Waals surface area contributed by atoms with E-state index in [-0.39, 0.29) is 17.8 Å². The second kappa shape index (κ2) is 6.66. The highest BCUT2D eigenvalue weighted by Crippen LogP contribution is 2.41. The number of esters is 1. The number of carbonyl (C=O) groups excluding carboxylic acids is 1. The Bertz CT molecular complexity index is 393. The molecule has 1 aliphatic carbocycles. The van der Waals surface area contributed by atoms with Crippen molar-refractivity contribution in [3.05, 3.63) is 0 Å². The van der Waals surface area contributed by atoms with Gasteiger partial charge in [-0.3, -0.25) is 0 Å². The smallest absolute Gasteiger partial charge is 0.457 e. The van der Waals surface area contributed by atoms with Crippen LogP contribution in [0.3, 0.4) is 0 Å². The van der Waals surface area contributed by atoms with E-state index in [1.807, 2.05) is 20.8 Å². The predicted molar refractivity (Wildman–Crippen MR) is 67.1 cm³/mol. The van der Waals surface area contributed by atoms with Crippen molar-refractivity contribution < 1.29 is 35.9 Å². The fourth-order valence-corrected chi connectivity index (χ4v) is 2.75. The molecule has 1 fully saturated rings. The Balaban J connectivity index is 2.81. The summed E-state index contributed by atoms with van der Waals surface area (Å²) in [7, 11) is 0. The number of alkyl halides is 6. The minimum absolute atomic E-state index is 0.0477. The van der Waals surface area contributed by atoms with Crippen molar-refractivity contribution in [2.75, 3.05) is 0 Å². The molecule has 0 aromatic heterocycles. The molecular formula is C14H20F6O2. The van der Waals surface area contributed by atoms with Gasteiger partial charge in [-0.1, -0.05) is 27.2 Å². The van der Waals surface area contributed by atoms with Crippen molar-refractivity contribution in [2.24, 2.45) is 17.8 Å². The molecule has 0 bridgehead atoms. The Morgan fingerprint density at radius 1 is 1.14 bits per heavy atom. The lowest BCUT2D eigenvalue weighted by molar-refractivity contribution is -0.302. The minimum atomic E-state index is -6.14. The van der Waals surface area contributed by atoms with Crippen molar-refractivity contribution in [3.63, 3.8) is 0 Å². The van der Waals surface area contributed by atoms with Gasteiger partial charge >= 0.3 is 18.1 Å². The van der Waals surface area contributed by atoms with Crippen LogP contribution in [0.15, 0.2) is 0 Å². The second-order valence-corrected chi connectivity index (χ2v) is 6.28. The first-order chi connectivity index (χ1) is 9.87. The molecule has 130 valence electrons. The molecule has 4 unspecified atom stereocenters. The highest BCUT2D eigenvalue weighted by molar-refractivity contribution is 5.76. The Morgan fingerprint density at radius 3 is 2.14 bits per heavy atom. The summed E-state index contributed by atoms with van der Waals surface area (Å²) in [5, 5.41) is 0. The van der Waals surface area contributed by atoms with Crippen LogP contribution in [0.4, 0.5) is 26.3 Å². The molecule has 1 aliphatic rings. The van der Waals surface area contributed by atoms with Crippen LogP contribution in [0.25, 0.3) is 0 Å². The van der Waals surface area contributed by atoms with Crippen molar-refractivity contribution in [3.8, 4) is 0 Å². The summed E-state index contributed by atoms with van der Waals surface area (Å²) < 4.78 is 80.0. The van der Waals surface area contributed by atoms with Crippen LogP contribution >= 0.6 is 0 Å². The van der Waals surface area contributed by atoms with E-state index in [4.69, 9.17) is 0 Å². The highest BCUT2D eigenvalue weighted by atomic mass is 19.4. The fraction of sp³-hybridized carbons (Fsp3) is 0.929. The molecule has 22 heavy (non-hydrogen) atoms. The Hall–Kier alpha value is -0.950. The first kappa shape index (κ1) is 19.1. The summed E-state index contributed by atoms with van der Waals surface area (Å²) >= 11 is 0. The van der Waals surface area contributed by atoms with Crippen LogP contribution in [-0.2, 0) is 9.53 Å². The van der Waals surface area contributed by atoms with E-state index in [9.17, 15) is 31.1 Å². The minimum Gasteiger partial charge on any atom is -0.460 e. The van der Waals surface area contributed by atoms with Gasteiger partial charge in [-0.05, 0) is 30.6 Å².